The minimum Gasteiger partial charge on any atom is -0.457 e. The van der Waals surface area contributed by atoms with Gasteiger partial charge in [-0.05, 0) is 37.6 Å². The molecule has 0 spiro atoms. The molecule has 0 aliphatic carbocycles. The van der Waals surface area contributed by atoms with Crippen molar-refractivity contribution < 1.29 is 22.7 Å². The van der Waals surface area contributed by atoms with Crippen LogP contribution in [0, 0.1) is 13.8 Å². The van der Waals surface area contributed by atoms with E-state index in [-0.39, 0.29) is 22.9 Å². The molecular weight excluding hydrogens is 340 g/mol. The molecule has 2 aromatic rings. The highest BCUT2D eigenvalue weighted by Crippen LogP contribution is 2.13. The SMILES string of the molecule is Cc1ccc(C)c(C(=O)COC(=O)CCS(=O)(=O)c2ccccc2)c1. The first kappa shape index (κ1) is 18.9. The number of Topliss-reactive ketones (excluding diaryl/α,β-unsaturated/α-hetero) is 1. The molecule has 0 N–H and O–H groups in total. The van der Waals surface area contributed by atoms with Gasteiger partial charge in [0.15, 0.2) is 16.4 Å². The van der Waals surface area contributed by atoms with Gasteiger partial charge in [0.2, 0.25) is 5.78 Å². The minimum atomic E-state index is -3.54. The molecular formula is C19H20O5S. The van der Waals surface area contributed by atoms with Crippen molar-refractivity contribution in [1.29, 1.82) is 0 Å². The van der Waals surface area contributed by atoms with Crippen LogP contribution in [0.4, 0.5) is 0 Å². The molecule has 6 heteroatoms. The van der Waals surface area contributed by atoms with Gasteiger partial charge in [0.25, 0.3) is 0 Å². The Kier molecular flexibility index (Phi) is 6.09. The molecule has 0 bridgehead atoms. The van der Waals surface area contributed by atoms with Gasteiger partial charge >= 0.3 is 5.97 Å². The van der Waals surface area contributed by atoms with Crippen molar-refractivity contribution in [3.63, 3.8) is 0 Å². The predicted octanol–water partition coefficient (Wildman–Crippen LogP) is 2.89. The molecule has 0 fully saturated rings. The molecule has 0 aliphatic heterocycles. The van der Waals surface area contributed by atoms with Crippen LogP contribution in [0.25, 0.3) is 0 Å². The number of hydrogen-bond acceptors (Lipinski definition) is 5. The molecule has 132 valence electrons. The lowest BCUT2D eigenvalue weighted by Gasteiger charge is -2.08. The van der Waals surface area contributed by atoms with E-state index in [4.69, 9.17) is 4.74 Å². The number of carbonyl (C=O) groups excluding carboxylic acids is 2. The Labute approximate surface area is 147 Å². The van der Waals surface area contributed by atoms with E-state index < -0.39 is 22.4 Å². The molecule has 0 atom stereocenters. The molecule has 0 radical (unpaired) electrons. The molecule has 0 aliphatic rings. The summed E-state index contributed by atoms with van der Waals surface area (Å²) in [6.07, 6.45) is -0.294. The lowest BCUT2D eigenvalue weighted by atomic mass is 10.0. The average molecular weight is 360 g/mol. The second-order valence-corrected chi connectivity index (χ2v) is 7.89. The molecule has 0 amide bonds. The summed E-state index contributed by atoms with van der Waals surface area (Å²) in [5, 5.41) is 0. The number of carbonyl (C=O) groups is 2. The van der Waals surface area contributed by atoms with Gasteiger partial charge in [-0.15, -0.1) is 0 Å². The molecule has 2 rings (SSSR count). The third kappa shape index (κ3) is 5.26. The summed E-state index contributed by atoms with van der Waals surface area (Å²) in [7, 11) is -3.54. The topological polar surface area (TPSA) is 77.5 Å². The number of esters is 1. The number of aryl methyl sites for hydroxylation is 2. The predicted molar refractivity (Wildman–Crippen MR) is 94.3 cm³/mol. The average Bonchev–Trinajstić information content (AvgIpc) is 2.60. The van der Waals surface area contributed by atoms with E-state index in [0.717, 1.165) is 11.1 Å². The summed E-state index contributed by atoms with van der Waals surface area (Å²) in [4.78, 5) is 24.1. The smallest absolute Gasteiger partial charge is 0.307 e. The van der Waals surface area contributed by atoms with Crippen LogP contribution in [0.15, 0.2) is 53.4 Å². The molecule has 2 aromatic carbocycles. The molecule has 0 heterocycles. The number of ether oxygens (including phenoxy) is 1. The summed E-state index contributed by atoms with van der Waals surface area (Å²) >= 11 is 0. The van der Waals surface area contributed by atoms with Crippen LogP contribution in [-0.2, 0) is 19.4 Å². The Bertz CT molecular complexity index is 870. The van der Waals surface area contributed by atoms with Crippen LogP contribution in [0.1, 0.15) is 27.9 Å². The fourth-order valence-electron chi connectivity index (χ4n) is 2.30. The Morgan fingerprint density at radius 2 is 1.68 bits per heavy atom. The third-order valence-corrected chi connectivity index (χ3v) is 5.47. The van der Waals surface area contributed by atoms with Gasteiger partial charge in [-0.2, -0.15) is 0 Å². The number of ketones is 1. The second-order valence-electron chi connectivity index (χ2n) is 5.78. The van der Waals surface area contributed by atoms with Crippen molar-refractivity contribution in [2.24, 2.45) is 0 Å². The summed E-state index contributed by atoms with van der Waals surface area (Å²) in [5.74, 6) is -1.37. The first-order valence-electron chi connectivity index (χ1n) is 7.83. The molecule has 0 saturated carbocycles. The van der Waals surface area contributed by atoms with Crippen LogP contribution in [0.2, 0.25) is 0 Å². The van der Waals surface area contributed by atoms with Gasteiger partial charge in [-0.1, -0.05) is 35.9 Å². The fourth-order valence-corrected chi connectivity index (χ4v) is 3.54. The van der Waals surface area contributed by atoms with Crippen molar-refractivity contribution in [1.82, 2.24) is 0 Å². The molecule has 5 nitrogen and oxygen atoms in total. The van der Waals surface area contributed by atoms with Crippen LogP contribution < -0.4 is 0 Å². The van der Waals surface area contributed by atoms with Gasteiger partial charge in [0, 0.05) is 5.56 Å². The highest BCUT2D eigenvalue weighted by molar-refractivity contribution is 7.91. The summed E-state index contributed by atoms with van der Waals surface area (Å²) in [6.45, 7) is 3.28. The third-order valence-electron chi connectivity index (χ3n) is 3.73. The van der Waals surface area contributed by atoms with Crippen molar-refractivity contribution >= 4 is 21.6 Å². The summed E-state index contributed by atoms with van der Waals surface area (Å²) in [6, 6.07) is 13.4. The maximum absolute atomic E-state index is 12.1. The standard InChI is InChI=1S/C19H20O5S/c1-14-8-9-15(2)17(12-14)18(20)13-24-19(21)10-11-25(22,23)16-6-4-3-5-7-16/h3-9,12H,10-11,13H2,1-2H3. The van der Waals surface area contributed by atoms with Gasteiger partial charge in [-0.3, -0.25) is 9.59 Å². The summed E-state index contributed by atoms with van der Waals surface area (Å²) in [5.41, 5.74) is 2.25. The van der Waals surface area contributed by atoms with Crippen molar-refractivity contribution in [3.8, 4) is 0 Å². The zero-order chi connectivity index (χ0) is 18.4. The molecule has 0 saturated heterocycles. The highest BCUT2D eigenvalue weighted by atomic mass is 32.2. The van der Waals surface area contributed by atoms with Gasteiger partial charge in [0.1, 0.15) is 0 Å². The zero-order valence-electron chi connectivity index (χ0n) is 14.2. The Hall–Kier alpha value is -2.47. The largest absolute Gasteiger partial charge is 0.457 e. The van der Waals surface area contributed by atoms with Gasteiger partial charge in [-0.25, -0.2) is 8.42 Å². The lowest BCUT2D eigenvalue weighted by molar-refractivity contribution is -0.142. The first-order chi connectivity index (χ1) is 11.8. The van der Waals surface area contributed by atoms with Crippen LogP contribution in [0.5, 0.6) is 0 Å². The quantitative estimate of drug-likeness (QED) is 0.560. The molecule has 25 heavy (non-hydrogen) atoms. The second kappa shape index (κ2) is 8.07. The maximum Gasteiger partial charge on any atom is 0.307 e. The van der Waals surface area contributed by atoms with E-state index in [1.165, 1.54) is 12.1 Å². The molecule has 0 unspecified atom stereocenters. The van der Waals surface area contributed by atoms with E-state index in [9.17, 15) is 18.0 Å². The van der Waals surface area contributed by atoms with Crippen molar-refractivity contribution in [2.45, 2.75) is 25.2 Å². The van der Waals surface area contributed by atoms with E-state index in [1.807, 2.05) is 19.1 Å². The van der Waals surface area contributed by atoms with Crippen LogP contribution >= 0.6 is 0 Å². The van der Waals surface area contributed by atoms with Gasteiger partial charge in [0.05, 0.1) is 17.1 Å². The normalized spacial score (nSPS) is 11.1. The minimum absolute atomic E-state index is 0.161. The number of sulfone groups is 1. The fraction of sp³-hybridized carbons (Fsp3) is 0.263. The monoisotopic (exact) mass is 360 g/mol. The van der Waals surface area contributed by atoms with E-state index in [2.05, 4.69) is 0 Å². The Morgan fingerprint density at radius 1 is 1.00 bits per heavy atom. The Morgan fingerprint density at radius 3 is 2.36 bits per heavy atom. The van der Waals surface area contributed by atoms with Gasteiger partial charge < -0.3 is 4.74 Å². The van der Waals surface area contributed by atoms with E-state index in [1.54, 1.807) is 31.2 Å². The lowest BCUT2D eigenvalue weighted by Crippen LogP contribution is -2.18. The number of hydrogen-bond donors (Lipinski definition) is 0. The first-order valence-corrected chi connectivity index (χ1v) is 9.49. The number of benzene rings is 2. The Balaban J connectivity index is 1.89. The zero-order valence-corrected chi connectivity index (χ0v) is 15.0. The van der Waals surface area contributed by atoms with E-state index >= 15 is 0 Å². The van der Waals surface area contributed by atoms with Crippen molar-refractivity contribution in [2.75, 3.05) is 12.4 Å². The molecule has 0 aromatic heterocycles. The van der Waals surface area contributed by atoms with Crippen LogP contribution in [0.3, 0.4) is 0 Å². The maximum atomic E-state index is 12.1. The van der Waals surface area contributed by atoms with Crippen molar-refractivity contribution in [3.05, 3.63) is 65.2 Å². The highest BCUT2D eigenvalue weighted by Gasteiger charge is 2.18. The summed E-state index contributed by atoms with van der Waals surface area (Å²) < 4.78 is 29.1. The van der Waals surface area contributed by atoms with Crippen LogP contribution in [-0.4, -0.2) is 32.5 Å². The van der Waals surface area contributed by atoms with E-state index in [0.29, 0.717) is 5.56 Å². The number of rotatable bonds is 7.